The molecule has 1 N–H and O–H groups in total. The molecule has 0 fully saturated rings. The molecule has 17 heavy (non-hydrogen) atoms. The maximum absolute atomic E-state index is 10.5. The Hall–Kier alpha value is -1.86. The summed E-state index contributed by atoms with van der Waals surface area (Å²) in [7, 11) is 0. The molecule has 1 aromatic carbocycles. The molecule has 2 unspecified atom stereocenters. The average molecular weight is 232 g/mol. The number of nitrogens with one attached hydrogen (secondary N) is 1. The molecule has 0 aromatic heterocycles. The van der Waals surface area contributed by atoms with E-state index in [-0.39, 0.29) is 17.8 Å². The zero-order valence-corrected chi connectivity index (χ0v) is 10.0. The van der Waals surface area contributed by atoms with Crippen LogP contribution in [0.3, 0.4) is 0 Å². The Morgan fingerprint density at radius 1 is 1.41 bits per heavy atom. The average Bonchev–Trinajstić information content (AvgIpc) is 2.29. The van der Waals surface area contributed by atoms with Crippen molar-refractivity contribution in [3.05, 3.63) is 39.9 Å². The van der Waals surface area contributed by atoms with Crippen LogP contribution in [0.1, 0.15) is 31.9 Å². The van der Waals surface area contributed by atoms with Gasteiger partial charge in [0.05, 0.1) is 4.92 Å². The standard InChI is InChI=1S/C13H16N2O2/c1-4-5-10(2)14-11(3)12-6-8-13(9-7-12)15(16)17/h1,6-11,14H,5H2,2-3H3. The van der Waals surface area contributed by atoms with Gasteiger partial charge in [0.1, 0.15) is 0 Å². The summed E-state index contributed by atoms with van der Waals surface area (Å²) in [6.45, 7) is 4.02. The highest BCUT2D eigenvalue weighted by atomic mass is 16.6. The van der Waals surface area contributed by atoms with Crippen LogP contribution in [0.25, 0.3) is 0 Å². The summed E-state index contributed by atoms with van der Waals surface area (Å²) >= 11 is 0. The first-order chi connectivity index (χ1) is 8.04. The van der Waals surface area contributed by atoms with Crippen LogP contribution in [0.2, 0.25) is 0 Å². The highest BCUT2D eigenvalue weighted by Gasteiger charge is 2.10. The van der Waals surface area contributed by atoms with Gasteiger partial charge >= 0.3 is 0 Å². The normalized spacial score (nSPS) is 13.7. The molecule has 0 bridgehead atoms. The van der Waals surface area contributed by atoms with E-state index in [9.17, 15) is 10.1 Å². The third kappa shape index (κ3) is 3.89. The fraction of sp³-hybridized carbons (Fsp3) is 0.385. The van der Waals surface area contributed by atoms with Crippen LogP contribution < -0.4 is 5.32 Å². The van der Waals surface area contributed by atoms with E-state index in [1.807, 2.05) is 13.8 Å². The third-order valence-electron chi connectivity index (χ3n) is 2.56. The van der Waals surface area contributed by atoms with Crippen LogP contribution >= 0.6 is 0 Å². The summed E-state index contributed by atoms with van der Waals surface area (Å²) in [5.41, 5.74) is 1.12. The molecule has 0 amide bonds. The molecule has 0 spiro atoms. The first kappa shape index (κ1) is 13.2. The van der Waals surface area contributed by atoms with Crippen molar-refractivity contribution in [3.8, 4) is 12.3 Å². The number of nitro groups is 1. The van der Waals surface area contributed by atoms with Crippen molar-refractivity contribution < 1.29 is 4.92 Å². The zero-order chi connectivity index (χ0) is 12.8. The summed E-state index contributed by atoms with van der Waals surface area (Å²) in [5.74, 6) is 2.60. The smallest absolute Gasteiger partial charge is 0.269 e. The SMILES string of the molecule is C#CCC(C)NC(C)c1ccc([N+](=O)[O-])cc1. The number of terminal acetylenes is 1. The molecule has 0 aliphatic carbocycles. The van der Waals surface area contributed by atoms with Crippen LogP contribution in [0.15, 0.2) is 24.3 Å². The van der Waals surface area contributed by atoms with Gasteiger partial charge in [0, 0.05) is 30.6 Å². The Morgan fingerprint density at radius 3 is 2.47 bits per heavy atom. The molecule has 1 rings (SSSR count). The number of hydrogen-bond donors (Lipinski definition) is 1. The number of nitrogens with zero attached hydrogens (tertiary/aromatic N) is 1. The van der Waals surface area contributed by atoms with Gasteiger partial charge in [-0.3, -0.25) is 10.1 Å². The van der Waals surface area contributed by atoms with Crippen LogP contribution in [0, 0.1) is 22.5 Å². The van der Waals surface area contributed by atoms with Gasteiger partial charge in [-0.25, -0.2) is 0 Å². The van der Waals surface area contributed by atoms with Crippen molar-refractivity contribution in [1.29, 1.82) is 0 Å². The molecule has 0 aliphatic heterocycles. The highest BCUT2D eigenvalue weighted by molar-refractivity contribution is 5.34. The summed E-state index contributed by atoms with van der Waals surface area (Å²) in [6.07, 6.45) is 5.90. The van der Waals surface area contributed by atoms with Gasteiger partial charge in [-0.05, 0) is 19.4 Å². The zero-order valence-electron chi connectivity index (χ0n) is 10.0. The van der Waals surface area contributed by atoms with Gasteiger partial charge < -0.3 is 5.32 Å². The second-order valence-electron chi connectivity index (χ2n) is 4.05. The molecule has 0 saturated carbocycles. The Labute approximate surface area is 101 Å². The fourth-order valence-electron chi connectivity index (χ4n) is 1.64. The minimum Gasteiger partial charge on any atom is -0.307 e. The van der Waals surface area contributed by atoms with Crippen LogP contribution in [0.5, 0.6) is 0 Å². The molecule has 0 aliphatic rings. The van der Waals surface area contributed by atoms with Crippen molar-refractivity contribution in [2.75, 3.05) is 0 Å². The minimum atomic E-state index is -0.400. The third-order valence-corrected chi connectivity index (χ3v) is 2.56. The Kier molecular flexibility index (Phi) is 4.68. The second-order valence-corrected chi connectivity index (χ2v) is 4.05. The van der Waals surface area contributed by atoms with Gasteiger partial charge in [0.15, 0.2) is 0 Å². The van der Waals surface area contributed by atoms with Gasteiger partial charge in [-0.2, -0.15) is 0 Å². The lowest BCUT2D eigenvalue weighted by molar-refractivity contribution is -0.384. The Balaban J connectivity index is 2.67. The summed E-state index contributed by atoms with van der Waals surface area (Å²) in [5, 5.41) is 13.8. The summed E-state index contributed by atoms with van der Waals surface area (Å²) in [4.78, 5) is 10.1. The highest BCUT2D eigenvalue weighted by Crippen LogP contribution is 2.18. The second kappa shape index (κ2) is 6.02. The number of non-ortho nitro benzene ring substituents is 1. The van der Waals surface area contributed by atoms with E-state index in [1.165, 1.54) is 12.1 Å². The maximum atomic E-state index is 10.5. The van der Waals surface area contributed by atoms with E-state index in [0.29, 0.717) is 6.42 Å². The molecule has 4 nitrogen and oxygen atoms in total. The van der Waals surface area contributed by atoms with Crippen molar-refractivity contribution in [2.24, 2.45) is 0 Å². The monoisotopic (exact) mass is 232 g/mol. The molecule has 90 valence electrons. The van der Waals surface area contributed by atoms with E-state index in [2.05, 4.69) is 11.2 Å². The molecule has 0 saturated heterocycles. The topological polar surface area (TPSA) is 55.2 Å². The maximum Gasteiger partial charge on any atom is 0.269 e. The molecule has 0 radical (unpaired) electrons. The van der Waals surface area contributed by atoms with E-state index in [0.717, 1.165) is 5.56 Å². The molecular formula is C13H16N2O2. The van der Waals surface area contributed by atoms with Gasteiger partial charge in [0.2, 0.25) is 0 Å². The van der Waals surface area contributed by atoms with Crippen LogP contribution in [-0.2, 0) is 0 Å². The van der Waals surface area contributed by atoms with E-state index in [1.54, 1.807) is 12.1 Å². The Bertz CT molecular complexity index is 420. The first-order valence-electron chi connectivity index (χ1n) is 5.48. The van der Waals surface area contributed by atoms with E-state index in [4.69, 9.17) is 6.42 Å². The van der Waals surface area contributed by atoms with Gasteiger partial charge in [-0.15, -0.1) is 12.3 Å². The van der Waals surface area contributed by atoms with E-state index >= 15 is 0 Å². The largest absolute Gasteiger partial charge is 0.307 e. The fourth-order valence-corrected chi connectivity index (χ4v) is 1.64. The lowest BCUT2D eigenvalue weighted by Gasteiger charge is -2.18. The van der Waals surface area contributed by atoms with Gasteiger partial charge in [-0.1, -0.05) is 12.1 Å². The molecular weight excluding hydrogens is 216 g/mol. The molecule has 1 aromatic rings. The first-order valence-corrected chi connectivity index (χ1v) is 5.48. The van der Waals surface area contributed by atoms with Gasteiger partial charge in [0.25, 0.3) is 5.69 Å². The summed E-state index contributed by atoms with van der Waals surface area (Å²) < 4.78 is 0. The minimum absolute atomic E-state index is 0.109. The van der Waals surface area contributed by atoms with Crippen molar-refractivity contribution >= 4 is 5.69 Å². The van der Waals surface area contributed by atoms with Crippen molar-refractivity contribution in [3.63, 3.8) is 0 Å². The molecule has 0 heterocycles. The quantitative estimate of drug-likeness (QED) is 0.482. The molecule has 4 heteroatoms. The lowest BCUT2D eigenvalue weighted by Crippen LogP contribution is -2.28. The Morgan fingerprint density at radius 2 is 2.00 bits per heavy atom. The van der Waals surface area contributed by atoms with Crippen LogP contribution in [0.4, 0.5) is 5.69 Å². The predicted molar refractivity (Wildman–Crippen MR) is 67.6 cm³/mol. The van der Waals surface area contributed by atoms with Crippen molar-refractivity contribution in [1.82, 2.24) is 5.32 Å². The number of nitro benzene ring substituents is 1. The predicted octanol–water partition coefficient (Wildman–Crippen LogP) is 2.66. The lowest BCUT2D eigenvalue weighted by atomic mass is 10.1. The van der Waals surface area contributed by atoms with Crippen molar-refractivity contribution in [2.45, 2.75) is 32.4 Å². The van der Waals surface area contributed by atoms with Crippen LogP contribution in [-0.4, -0.2) is 11.0 Å². The number of rotatable bonds is 5. The molecule has 2 atom stereocenters. The number of benzene rings is 1. The summed E-state index contributed by atoms with van der Waals surface area (Å²) in [6, 6.07) is 6.90. The number of hydrogen-bond acceptors (Lipinski definition) is 3. The van der Waals surface area contributed by atoms with E-state index < -0.39 is 4.92 Å².